The van der Waals surface area contributed by atoms with E-state index in [2.05, 4.69) is 15.3 Å². The second-order valence-corrected chi connectivity index (χ2v) is 4.03. The Hall–Kier alpha value is -2.17. The summed E-state index contributed by atoms with van der Waals surface area (Å²) in [5.41, 5.74) is 1.36. The molecule has 0 radical (unpaired) electrons. The molecule has 0 aromatic carbocycles. The maximum atomic E-state index is 11.9. The summed E-state index contributed by atoms with van der Waals surface area (Å²) >= 11 is 0. The van der Waals surface area contributed by atoms with Crippen LogP contribution < -0.4 is 10.9 Å². The molecule has 3 heterocycles. The van der Waals surface area contributed by atoms with Crippen molar-refractivity contribution in [2.45, 2.75) is 12.3 Å². The lowest BCUT2D eigenvalue weighted by Gasteiger charge is -2.16. The lowest BCUT2D eigenvalue weighted by atomic mass is 9.99. The summed E-state index contributed by atoms with van der Waals surface area (Å²) in [5, 5.41) is 3.13. The SMILES string of the molecule is O=c1cc(C2C=CNCC2)nc2cnccn12. The lowest BCUT2D eigenvalue weighted by molar-refractivity contribution is 0.643. The van der Waals surface area contributed by atoms with Gasteiger partial charge in [0.15, 0.2) is 5.65 Å². The predicted octanol–water partition coefficient (Wildman–Crippen LogP) is 0.680. The third kappa shape index (κ3) is 1.80. The summed E-state index contributed by atoms with van der Waals surface area (Å²) in [5.74, 6) is 0.217. The van der Waals surface area contributed by atoms with Gasteiger partial charge in [0.2, 0.25) is 0 Å². The zero-order valence-corrected chi connectivity index (χ0v) is 9.21. The number of nitrogens with one attached hydrogen (secondary N) is 1. The van der Waals surface area contributed by atoms with Crippen molar-refractivity contribution in [1.29, 1.82) is 0 Å². The molecule has 0 aliphatic carbocycles. The molecule has 17 heavy (non-hydrogen) atoms. The van der Waals surface area contributed by atoms with Gasteiger partial charge in [-0.2, -0.15) is 0 Å². The summed E-state index contributed by atoms with van der Waals surface area (Å²) in [6.45, 7) is 0.912. The third-order valence-electron chi connectivity index (χ3n) is 2.92. The van der Waals surface area contributed by atoms with Crippen molar-refractivity contribution < 1.29 is 0 Å². The molecule has 1 atom stereocenters. The number of hydrogen-bond donors (Lipinski definition) is 1. The van der Waals surface area contributed by atoms with Gasteiger partial charge >= 0.3 is 0 Å². The quantitative estimate of drug-likeness (QED) is 0.779. The summed E-state index contributed by atoms with van der Waals surface area (Å²) in [4.78, 5) is 20.4. The van der Waals surface area contributed by atoms with Crippen molar-refractivity contribution in [3.05, 3.63) is 53.0 Å². The van der Waals surface area contributed by atoms with E-state index >= 15 is 0 Å². The van der Waals surface area contributed by atoms with Crippen molar-refractivity contribution in [3.63, 3.8) is 0 Å². The Bertz CT molecular complexity index is 632. The zero-order valence-electron chi connectivity index (χ0n) is 9.21. The second-order valence-electron chi connectivity index (χ2n) is 4.03. The topological polar surface area (TPSA) is 59.3 Å². The number of allylic oxidation sites excluding steroid dienone is 1. The number of rotatable bonds is 1. The summed E-state index contributed by atoms with van der Waals surface area (Å²) in [7, 11) is 0. The van der Waals surface area contributed by atoms with Crippen molar-refractivity contribution in [3.8, 4) is 0 Å². The molecule has 0 saturated heterocycles. The fraction of sp³-hybridized carbons (Fsp3) is 0.250. The molecule has 0 fully saturated rings. The lowest BCUT2D eigenvalue weighted by Crippen LogP contribution is -2.20. The first kappa shape index (κ1) is 10.0. The standard InChI is InChI=1S/C12H12N4O/c17-12-7-10(9-1-3-13-4-2-9)15-11-8-14-5-6-16(11)12/h1,3,5-9,13H,2,4H2. The van der Waals surface area contributed by atoms with Gasteiger partial charge in [0, 0.05) is 30.9 Å². The predicted molar refractivity (Wildman–Crippen MR) is 63.8 cm³/mol. The van der Waals surface area contributed by atoms with Crippen LogP contribution in [0.4, 0.5) is 0 Å². The fourth-order valence-corrected chi connectivity index (χ4v) is 2.02. The maximum absolute atomic E-state index is 11.9. The van der Waals surface area contributed by atoms with Crippen LogP contribution >= 0.6 is 0 Å². The van der Waals surface area contributed by atoms with E-state index in [-0.39, 0.29) is 11.5 Å². The minimum absolute atomic E-state index is 0.0562. The van der Waals surface area contributed by atoms with E-state index in [4.69, 9.17) is 0 Å². The summed E-state index contributed by atoms with van der Waals surface area (Å²) in [6.07, 6.45) is 9.74. The van der Waals surface area contributed by atoms with Crippen molar-refractivity contribution in [2.24, 2.45) is 0 Å². The number of aromatic nitrogens is 3. The molecule has 0 spiro atoms. The summed E-state index contributed by atoms with van der Waals surface area (Å²) < 4.78 is 1.50. The van der Waals surface area contributed by atoms with E-state index in [1.165, 1.54) is 4.40 Å². The Morgan fingerprint density at radius 1 is 1.47 bits per heavy atom. The second kappa shape index (κ2) is 4.01. The molecule has 1 unspecified atom stereocenters. The molecular formula is C12H12N4O. The van der Waals surface area contributed by atoms with E-state index in [0.29, 0.717) is 5.65 Å². The molecule has 86 valence electrons. The van der Waals surface area contributed by atoms with E-state index in [1.807, 2.05) is 12.3 Å². The molecule has 0 saturated carbocycles. The van der Waals surface area contributed by atoms with Crippen LogP contribution in [-0.2, 0) is 0 Å². The highest BCUT2D eigenvalue weighted by Gasteiger charge is 2.13. The van der Waals surface area contributed by atoms with Crippen molar-refractivity contribution >= 4 is 5.65 Å². The van der Waals surface area contributed by atoms with Crippen LogP contribution in [0.3, 0.4) is 0 Å². The van der Waals surface area contributed by atoms with Gasteiger partial charge in [-0.05, 0) is 12.6 Å². The molecule has 1 N–H and O–H groups in total. The minimum atomic E-state index is -0.0562. The first-order chi connectivity index (χ1) is 8.34. The number of hydrogen-bond acceptors (Lipinski definition) is 4. The highest BCUT2D eigenvalue weighted by atomic mass is 16.1. The molecular weight excluding hydrogens is 216 g/mol. The van der Waals surface area contributed by atoms with E-state index in [9.17, 15) is 4.79 Å². The normalized spacial score (nSPS) is 19.2. The summed E-state index contributed by atoms with van der Waals surface area (Å²) in [6, 6.07) is 1.60. The van der Waals surface area contributed by atoms with Crippen LogP contribution in [0.25, 0.3) is 5.65 Å². The Morgan fingerprint density at radius 2 is 2.41 bits per heavy atom. The Balaban J connectivity index is 2.15. The molecule has 1 aliphatic heterocycles. The molecule has 3 rings (SSSR count). The van der Waals surface area contributed by atoms with Crippen LogP contribution in [0.15, 0.2) is 41.7 Å². The van der Waals surface area contributed by atoms with E-state index in [1.54, 1.807) is 24.7 Å². The van der Waals surface area contributed by atoms with Gasteiger partial charge in [-0.1, -0.05) is 6.08 Å². The monoisotopic (exact) mass is 228 g/mol. The highest BCUT2D eigenvalue weighted by molar-refractivity contribution is 5.36. The first-order valence-corrected chi connectivity index (χ1v) is 5.58. The van der Waals surface area contributed by atoms with Gasteiger partial charge in [0.05, 0.1) is 11.9 Å². The average Bonchev–Trinajstić information content (AvgIpc) is 2.40. The van der Waals surface area contributed by atoms with Gasteiger partial charge in [0.25, 0.3) is 5.56 Å². The third-order valence-corrected chi connectivity index (χ3v) is 2.92. The van der Waals surface area contributed by atoms with Crippen LogP contribution in [0.2, 0.25) is 0 Å². The molecule has 2 aromatic rings. The molecule has 2 aromatic heterocycles. The van der Waals surface area contributed by atoms with E-state index in [0.717, 1.165) is 18.7 Å². The first-order valence-electron chi connectivity index (χ1n) is 5.58. The van der Waals surface area contributed by atoms with E-state index < -0.39 is 0 Å². The highest BCUT2D eigenvalue weighted by Crippen LogP contribution is 2.19. The van der Waals surface area contributed by atoms with Gasteiger partial charge < -0.3 is 5.32 Å². The van der Waals surface area contributed by atoms with Gasteiger partial charge in [0.1, 0.15) is 0 Å². The molecule has 1 aliphatic rings. The largest absolute Gasteiger partial charge is 0.391 e. The van der Waals surface area contributed by atoms with Crippen LogP contribution in [0.1, 0.15) is 18.0 Å². The molecule has 5 nitrogen and oxygen atoms in total. The van der Waals surface area contributed by atoms with Gasteiger partial charge in [-0.15, -0.1) is 0 Å². The average molecular weight is 228 g/mol. The smallest absolute Gasteiger partial charge is 0.258 e. The van der Waals surface area contributed by atoms with Crippen molar-refractivity contribution in [2.75, 3.05) is 6.54 Å². The molecule has 0 bridgehead atoms. The minimum Gasteiger partial charge on any atom is -0.391 e. The fourth-order valence-electron chi connectivity index (χ4n) is 2.02. The Labute approximate surface area is 97.8 Å². The van der Waals surface area contributed by atoms with Crippen LogP contribution in [0.5, 0.6) is 0 Å². The van der Waals surface area contributed by atoms with Crippen LogP contribution in [0, 0.1) is 0 Å². The maximum Gasteiger partial charge on any atom is 0.258 e. The number of fused-ring (bicyclic) bond motifs is 1. The molecule has 0 amide bonds. The van der Waals surface area contributed by atoms with Crippen molar-refractivity contribution in [1.82, 2.24) is 19.7 Å². The zero-order chi connectivity index (χ0) is 11.7. The van der Waals surface area contributed by atoms with Crippen LogP contribution in [-0.4, -0.2) is 20.9 Å². The van der Waals surface area contributed by atoms with Gasteiger partial charge in [-0.25, -0.2) is 4.98 Å². The molecule has 5 heteroatoms. The number of nitrogens with zero attached hydrogens (tertiary/aromatic N) is 3. The Morgan fingerprint density at radius 3 is 3.24 bits per heavy atom. The van der Waals surface area contributed by atoms with Gasteiger partial charge in [-0.3, -0.25) is 14.2 Å². The Kier molecular flexibility index (Phi) is 2.36.